The molecule has 126 heavy (non-hydrogen) atoms. The van der Waals surface area contributed by atoms with Crippen LogP contribution in [0.3, 0.4) is 0 Å². The number of halogens is 1. The van der Waals surface area contributed by atoms with Crippen molar-refractivity contribution in [1.82, 2.24) is 76.7 Å². The van der Waals surface area contributed by atoms with Gasteiger partial charge in [0.1, 0.15) is 41.4 Å². The van der Waals surface area contributed by atoms with Crippen molar-refractivity contribution in [3.8, 4) is 0 Å². The maximum absolute atomic E-state index is 12.8. The van der Waals surface area contributed by atoms with E-state index in [-0.39, 0.29) is 96.1 Å². The third kappa shape index (κ3) is 18.6. The SMILES string of the molecule is C.C.CCOC(=O)c1nnc(C2(c3ccccc3)CC2)o1.CN1C(=O)C(N)CCc2cccnc21.CN1C(=O)C(NC(=O)c2nnc(C3(c4ccccc4)CC3)o2)CCc2cccnc21.CN1C(=O)[C@@H](NC(=O)c2nnc(C3(c4ccccc4)CC3)o2)CCc2cccnc21.CN1C(=O)[C@H](NC(=O)c2nnc(C3(c4ccccc4)CC3)o2)CCc2cccnc21.Cl. The highest BCUT2D eigenvalue weighted by Crippen LogP contribution is 2.56. The van der Waals surface area contributed by atoms with Crippen LogP contribution in [0.25, 0.3) is 0 Å². The molecular formula is C92H99ClN20O13. The van der Waals surface area contributed by atoms with Gasteiger partial charge in [0.25, 0.3) is 0 Å². The predicted molar refractivity (Wildman–Crippen MR) is 465 cm³/mol. The topological polar surface area (TPSA) is 428 Å². The minimum absolute atomic E-state index is 0. The van der Waals surface area contributed by atoms with Crippen LogP contribution in [0, 0.1) is 0 Å². The lowest BCUT2D eigenvalue weighted by Crippen LogP contribution is -2.47. The van der Waals surface area contributed by atoms with E-state index in [2.05, 4.69) is 76.7 Å². The number of nitrogens with one attached hydrogen (secondary N) is 3. The van der Waals surface area contributed by atoms with Gasteiger partial charge in [-0.25, -0.2) is 24.7 Å². The van der Waals surface area contributed by atoms with E-state index in [1.54, 1.807) is 64.8 Å². The van der Waals surface area contributed by atoms with Crippen molar-refractivity contribution in [2.75, 3.05) is 54.4 Å². The third-order valence-corrected chi connectivity index (χ3v) is 23.7. The van der Waals surface area contributed by atoms with Gasteiger partial charge in [-0.1, -0.05) is 160 Å². The Morgan fingerprint density at radius 1 is 0.365 bits per heavy atom. The van der Waals surface area contributed by atoms with E-state index in [4.69, 9.17) is 28.1 Å². The first kappa shape index (κ1) is 89.8. The average Bonchev–Trinajstić information content (AvgIpc) is 1.60. The summed E-state index contributed by atoms with van der Waals surface area (Å²) >= 11 is 0. The Labute approximate surface area is 733 Å². The van der Waals surface area contributed by atoms with Crippen LogP contribution in [0.4, 0.5) is 23.3 Å². The van der Waals surface area contributed by atoms with E-state index in [0.717, 1.165) is 108 Å². The fourth-order valence-corrected chi connectivity index (χ4v) is 16.1. The Bertz CT molecular complexity index is 5460. The van der Waals surface area contributed by atoms with Crippen molar-refractivity contribution in [3.63, 3.8) is 0 Å². The number of nitrogens with two attached hydrogens (primary N) is 1. The Balaban J connectivity index is 0.000000137. The van der Waals surface area contributed by atoms with Crippen molar-refractivity contribution in [1.29, 1.82) is 0 Å². The molecule has 2 unspecified atom stereocenters. The average molecular weight is 1730 g/mol. The first-order chi connectivity index (χ1) is 59.7. The van der Waals surface area contributed by atoms with E-state index in [0.29, 0.717) is 92.6 Å². The highest BCUT2D eigenvalue weighted by Gasteiger charge is 2.54. The van der Waals surface area contributed by atoms with Crippen LogP contribution in [-0.2, 0) is 71.3 Å². The van der Waals surface area contributed by atoms with E-state index in [1.807, 2.05) is 170 Å². The lowest BCUT2D eigenvalue weighted by atomic mass is 9.96. The molecule has 34 heteroatoms. The number of hydrogen-bond donors (Lipinski definition) is 4. The molecule has 5 N–H and O–H groups in total. The van der Waals surface area contributed by atoms with Crippen LogP contribution in [0.1, 0.15) is 210 Å². The summed E-state index contributed by atoms with van der Waals surface area (Å²) in [6.45, 7) is 2.03. The number of pyridine rings is 4. The monoisotopic (exact) mass is 1730 g/mol. The molecule has 0 spiro atoms. The van der Waals surface area contributed by atoms with Crippen LogP contribution in [0.15, 0.2) is 212 Å². The summed E-state index contributed by atoms with van der Waals surface area (Å²) in [7, 11) is 6.72. The summed E-state index contributed by atoms with van der Waals surface area (Å²) in [4.78, 5) is 123. The smallest absolute Gasteiger partial charge is 0.396 e. The molecule has 4 atom stereocenters. The van der Waals surface area contributed by atoms with E-state index in [1.165, 1.54) is 14.7 Å². The third-order valence-electron chi connectivity index (χ3n) is 23.7. The van der Waals surface area contributed by atoms with Crippen molar-refractivity contribution in [2.45, 2.75) is 170 Å². The first-order valence-electron chi connectivity index (χ1n) is 41.0. The lowest BCUT2D eigenvalue weighted by molar-refractivity contribution is -0.120. The summed E-state index contributed by atoms with van der Waals surface area (Å²) in [5, 5.41) is 40.4. The number of rotatable bonds is 16. The Morgan fingerprint density at radius 2 is 0.611 bits per heavy atom. The number of likely N-dealkylation sites (N-methyl/N-ethyl adjacent to an activating group) is 4. The van der Waals surface area contributed by atoms with Gasteiger partial charge in [-0.3, -0.25) is 53.2 Å². The van der Waals surface area contributed by atoms with Gasteiger partial charge in [-0.15, -0.1) is 53.2 Å². The molecule has 652 valence electrons. The minimum Gasteiger partial charge on any atom is -0.459 e. The summed E-state index contributed by atoms with van der Waals surface area (Å²) in [6.07, 6.45) is 18.8. The van der Waals surface area contributed by atoms with E-state index in [9.17, 15) is 38.4 Å². The van der Waals surface area contributed by atoms with Crippen LogP contribution < -0.4 is 41.3 Å². The zero-order valence-corrected chi connectivity index (χ0v) is 69.6. The Kier molecular flexibility index (Phi) is 27.4. The number of anilines is 4. The second-order valence-electron chi connectivity index (χ2n) is 31.5. The molecule has 0 bridgehead atoms. The molecule has 8 aromatic heterocycles. The number of amides is 7. The zero-order chi connectivity index (χ0) is 85.6. The normalized spacial score (nSPS) is 18.9. The van der Waals surface area contributed by atoms with Gasteiger partial charge < -0.3 is 44.1 Å². The van der Waals surface area contributed by atoms with Crippen molar-refractivity contribution in [3.05, 3.63) is 286 Å². The predicted octanol–water partition coefficient (Wildman–Crippen LogP) is 11.1. The number of aromatic nitrogens is 12. The molecule has 4 aliphatic carbocycles. The van der Waals surface area contributed by atoms with Crippen LogP contribution in [0.5, 0.6) is 0 Å². The molecule has 12 aromatic rings. The standard InChI is InChI=1S/3C22H21N5O3.C14H14N2O3.C10H13N3O.2CH4.ClH/c3*1-27-17-14(6-5-13-23-17)9-10-16(20(27)29)24-18(28)19-25-26-21(30-19)22(11-12-22)15-7-3-2-4-8-15;1-2-18-12(17)11-15-16-13(19-11)14(8-9-14)10-6-4-3-5-7-10;1-13-9-7(3-2-6-12-9)4-5-8(11)10(13)14;;;/h3*2-8,13,16H,9-12H2,1H3,(H,24,28);3-7H,2,8-9H2,1H3;2-3,6,8H,4-5,11H2,1H3;2*1H4;1H/t2*16-;;;;;;/m10....../s1. The van der Waals surface area contributed by atoms with Crippen LogP contribution in [0.2, 0.25) is 0 Å². The number of hydrogen-bond acceptors (Lipinski definition) is 26. The molecule has 4 aromatic carbocycles. The van der Waals surface area contributed by atoms with E-state index < -0.39 is 47.9 Å². The molecule has 7 amide bonds. The minimum atomic E-state index is -0.684. The molecule has 0 radical (unpaired) electrons. The molecule has 20 rings (SSSR count). The highest BCUT2D eigenvalue weighted by atomic mass is 35.5. The number of carbonyl (C=O) groups excluding carboxylic acids is 8. The Morgan fingerprint density at radius 3 is 0.873 bits per heavy atom. The number of ether oxygens (including phenoxy) is 1. The number of nitrogens with zero attached hydrogens (tertiary/aromatic N) is 16. The van der Waals surface area contributed by atoms with Gasteiger partial charge >= 0.3 is 47.3 Å². The van der Waals surface area contributed by atoms with Gasteiger partial charge in [0.05, 0.1) is 34.3 Å². The molecule has 33 nitrogen and oxygen atoms in total. The van der Waals surface area contributed by atoms with Crippen LogP contribution >= 0.6 is 12.4 Å². The molecule has 8 aliphatic rings. The maximum atomic E-state index is 12.8. The molecule has 4 fully saturated rings. The quantitative estimate of drug-likeness (QED) is 0.0653. The molecule has 4 aliphatic heterocycles. The van der Waals surface area contributed by atoms with E-state index >= 15 is 0 Å². The first-order valence-corrected chi connectivity index (χ1v) is 41.0. The number of carbonyl (C=O) groups is 8. The second kappa shape index (κ2) is 38.4. The molecule has 0 saturated heterocycles. The summed E-state index contributed by atoms with van der Waals surface area (Å²) in [5.74, 6) is 1.12. The van der Waals surface area contributed by atoms with Gasteiger partial charge in [-0.2, -0.15) is 0 Å². The van der Waals surface area contributed by atoms with Crippen molar-refractivity contribution in [2.24, 2.45) is 5.73 Å². The highest BCUT2D eigenvalue weighted by molar-refractivity contribution is 6.03. The van der Waals surface area contributed by atoms with Crippen molar-refractivity contribution < 1.29 is 60.8 Å². The zero-order valence-electron chi connectivity index (χ0n) is 68.8. The van der Waals surface area contributed by atoms with Gasteiger partial charge in [0, 0.05) is 53.0 Å². The fourth-order valence-electron chi connectivity index (χ4n) is 16.1. The Hall–Kier alpha value is -14.0. The van der Waals surface area contributed by atoms with Gasteiger partial charge in [0.2, 0.25) is 47.2 Å². The fraction of sp³-hybridized carbons (Fsp3) is 0.348. The van der Waals surface area contributed by atoms with Gasteiger partial charge in [-0.05, 0) is 178 Å². The largest absolute Gasteiger partial charge is 0.459 e. The molecule has 4 saturated carbocycles. The number of benzene rings is 4. The summed E-state index contributed by atoms with van der Waals surface area (Å²) < 4.78 is 27.6. The second-order valence-corrected chi connectivity index (χ2v) is 31.5. The molecule has 12 heterocycles. The number of fused-ring (bicyclic) bond motifs is 4. The van der Waals surface area contributed by atoms with Crippen molar-refractivity contribution >= 4 is 83.0 Å². The van der Waals surface area contributed by atoms with Gasteiger partial charge in [0.15, 0.2) is 0 Å². The summed E-state index contributed by atoms with van der Waals surface area (Å²) in [5.41, 5.74) is 13.1. The van der Waals surface area contributed by atoms with Crippen LogP contribution in [-0.4, -0.2) is 167 Å². The number of aryl methyl sites for hydroxylation is 4. The molecular weight excluding hydrogens is 1630 g/mol. The number of esters is 1. The maximum Gasteiger partial charge on any atom is 0.396 e. The lowest BCUT2D eigenvalue weighted by Gasteiger charge is -2.20. The summed E-state index contributed by atoms with van der Waals surface area (Å²) in [6, 6.07) is 52.7.